The summed E-state index contributed by atoms with van der Waals surface area (Å²) in [7, 11) is 3.37. The Morgan fingerprint density at radius 3 is 2.64 bits per heavy atom. The Morgan fingerprint density at radius 1 is 1.21 bits per heavy atom. The topological polar surface area (TPSA) is 108 Å². The van der Waals surface area contributed by atoms with Crippen LogP contribution in [-0.2, 0) is 11.8 Å². The highest BCUT2D eigenvalue weighted by atomic mass is 16.5. The summed E-state index contributed by atoms with van der Waals surface area (Å²) >= 11 is 0. The van der Waals surface area contributed by atoms with Crippen molar-refractivity contribution in [1.29, 1.82) is 0 Å². The molecule has 0 fully saturated rings. The molecule has 0 aliphatic carbocycles. The van der Waals surface area contributed by atoms with Crippen molar-refractivity contribution in [2.24, 2.45) is 12.8 Å². The number of imidazole rings is 1. The van der Waals surface area contributed by atoms with Gasteiger partial charge in [-0.05, 0) is 37.3 Å². The van der Waals surface area contributed by atoms with Gasteiger partial charge in [0.15, 0.2) is 18.1 Å². The molecule has 0 saturated carbocycles. The number of para-hydroxylation sites is 2. The van der Waals surface area contributed by atoms with E-state index in [2.05, 4.69) is 10.3 Å². The van der Waals surface area contributed by atoms with E-state index in [4.69, 9.17) is 15.2 Å². The lowest BCUT2D eigenvalue weighted by Gasteiger charge is -2.15. The van der Waals surface area contributed by atoms with Crippen LogP contribution >= 0.6 is 0 Å². The third-order valence-electron chi connectivity index (χ3n) is 4.35. The Labute approximate surface area is 162 Å². The van der Waals surface area contributed by atoms with Crippen LogP contribution in [0.5, 0.6) is 11.5 Å². The molecule has 8 heteroatoms. The van der Waals surface area contributed by atoms with Gasteiger partial charge in [-0.3, -0.25) is 9.59 Å². The van der Waals surface area contributed by atoms with Crippen molar-refractivity contribution in [3.63, 3.8) is 0 Å². The summed E-state index contributed by atoms with van der Waals surface area (Å²) in [5.41, 5.74) is 7.35. The highest BCUT2D eigenvalue weighted by Crippen LogP contribution is 2.28. The first-order valence-electron chi connectivity index (χ1n) is 8.72. The number of primary amides is 1. The molecule has 0 aliphatic heterocycles. The molecule has 2 amide bonds. The van der Waals surface area contributed by atoms with E-state index in [-0.39, 0.29) is 18.6 Å². The molecule has 3 N–H and O–H groups in total. The summed E-state index contributed by atoms with van der Waals surface area (Å²) in [4.78, 5) is 28.2. The highest BCUT2D eigenvalue weighted by molar-refractivity contribution is 5.95. The SMILES string of the molecule is COc1cc(C(=O)NC(C)c2nc3ccccc3n2C)ccc1OCC(N)=O. The van der Waals surface area contributed by atoms with Crippen LogP contribution in [0.3, 0.4) is 0 Å². The van der Waals surface area contributed by atoms with Crippen molar-refractivity contribution in [2.45, 2.75) is 13.0 Å². The molecule has 3 rings (SSSR count). The molecule has 1 heterocycles. The number of nitrogens with one attached hydrogen (secondary N) is 1. The van der Waals surface area contributed by atoms with E-state index in [1.54, 1.807) is 18.2 Å². The van der Waals surface area contributed by atoms with Gasteiger partial charge in [0.05, 0.1) is 24.2 Å². The number of benzene rings is 2. The van der Waals surface area contributed by atoms with Gasteiger partial charge in [-0.2, -0.15) is 0 Å². The second-order valence-corrected chi connectivity index (χ2v) is 6.33. The molecule has 1 unspecified atom stereocenters. The van der Waals surface area contributed by atoms with Crippen LogP contribution in [0.4, 0.5) is 0 Å². The number of hydrogen-bond acceptors (Lipinski definition) is 5. The second-order valence-electron chi connectivity index (χ2n) is 6.33. The zero-order valence-electron chi connectivity index (χ0n) is 15.9. The van der Waals surface area contributed by atoms with Crippen LogP contribution in [0.2, 0.25) is 0 Å². The molecule has 0 saturated heterocycles. The predicted octanol–water partition coefficient (Wildman–Crippen LogP) is 1.94. The molecule has 2 aromatic carbocycles. The number of amides is 2. The first kappa shape index (κ1) is 19.2. The van der Waals surface area contributed by atoms with Crippen LogP contribution < -0.4 is 20.5 Å². The Morgan fingerprint density at radius 2 is 1.96 bits per heavy atom. The number of fused-ring (bicyclic) bond motifs is 1. The van der Waals surface area contributed by atoms with Gasteiger partial charge in [-0.25, -0.2) is 4.98 Å². The van der Waals surface area contributed by atoms with Gasteiger partial charge in [0.25, 0.3) is 11.8 Å². The minimum Gasteiger partial charge on any atom is -0.493 e. The summed E-state index contributed by atoms with van der Waals surface area (Å²) < 4.78 is 12.5. The highest BCUT2D eigenvalue weighted by Gasteiger charge is 2.18. The van der Waals surface area contributed by atoms with Crippen LogP contribution in [0.1, 0.15) is 29.1 Å². The molecule has 146 valence electrons. The summed E-state index contributed by atoms with van der Waals surface area (Å²) in [6.45, 7) is 1.60. The largest absolute Gasteiger partial charge is 0.493 e. The third-order valence-corrected chi connectivity index (χ3v) is 4.35. The van der Waals surface area contributed by atoms with E-state index in [1.807, 2.05) is 42.8 Å². The van der Waals surface area contributed by atoms with Crippen molar-refractivity contribution in [2.75, 3.05) is 13.7 Å². The second kappa shape index (κ2) is 7.99. The molecular weight excluding hydrogens is 360 g/mol. The lowest BCUT2D eigenvalue weighted by atomic mass is 10.1. The average molecular weight is 382 g/mol. The standard InChI is InChI=1S/C20H22N4O4/c1-12(19-23-14-6-4-5-7-15(14)24(19)2)22-20(26)13-8-9-16(17(10-13)27-3)28-11-18(21)25/h4-10,12H,11H2,1-3H3,(H2,21,25)(H,22,26). The monoisotopic (exact) mass is 382 g/mol. The fourth-order valence-corrected chi connectivity index (χ4v) is 2.97. The number of nitrogens with two attached hydrogens (primary N) is 1. The van der Waals surface area contributed by atoms with Crippen LogP contribution in [0.15, 0.2) is 42.5 Å². The van der Waals surface area contributed by atoms with E-state index >= 15 is 0 Å². The van der Waals surface area contributed by atoms with Crippen molar-refractivity contribution < 1.29 is 19.1 Å². The number of aryl methyl sites for hydroxylation is 1. The number of hydrogen-bond donors (Lipinski definition) is 2. The molecule has 1 atom stereocenters. The zero-order chi connectivity index (χ0) is 20.3. The number of rotatable bonds is 7. The van der Waals surface area contributed by atoms with Crippen LogP contribution in [0, 0.1) is 0 Å². The lowest BCUT2D eigenvalue weighted by Crippen LogP contribution is -2.28. The molecule has 8 nitrogen and oxygen atoms in total. The Bertz CT molecular complexity index is 1030. The smallest absolute Gasteiger partial charge is 0.255 e. The van der Waals surface area contributed by atoms with Crippen LogP contribution in [-0.4, -0.2) is 35.1 Å². The maximum Gasteiger partial charge on any atom is 0.255 e. The fraction of sp³-hybridized carbons (Fsp3) is 0.250. The van der Waals surface area contributed by atoms with Gasteiger partial charge < -0.3 is 25.1 Å². The Balaban J connectivity index is 1.78. The molecule has 0 bridgehead atoms. The van der Waals surface area contributed by atoms with Crippen molar-refractivity contribution in [3.8, 4) is 11.5 Å². The number of methoxy groups -OCH3 is 1. The first-order valence-corrected chi connectivity index (χ1v) is 8.72. The van der Waals surface area contributed by atoms with Crippen molar-refractivity contribution >= 4 is 22.8 Å². The maximum absolute atomic E-state index is 12.7. The van der Waals surface area contributed by atoms with Crippen LogP contribution in [0.25, 0.3) is 11.0 Å². The van der Waals surface area contributed by atoms with Gasteiger partial charge in [0.1, 0.15) is 5.82 Å². The molecule has 28 heavy (non-hydrogen) atoms. The Hall–Kier alpha value is -3.55. The molecule has 3 aromatic rings. The van der Waals surface area contributed by atoms with Gasteiger partial charge in [-0.15, -0.1) is 0 Å². The molecule has 0 spiro atoms. The lowest BCUT2D eigenvalue weighted by molar-refractivity contribution is -0.119. The Kier molecular flexibility index (Phi) is 5.49. The minimum atomic E-state index is -0.597. The fourth-order valence-electron chi connectivity index (χ4n) is 2.97. The zero-order valence-corrected chi connectivity index (χ0v) is 15.9. The maximum atomic E-state index is 12.7. The van der Waals surface area contributed by atoms with E-state index < -0.39 is 5.91 Å². The summed E-state index contributed by atoms with van der Waals surface area (Å²) in [6.07, 6.45) is 0. The van der Waals surface area contributed by atoms with Gasteiger partial charge in [0, 0.05) is 12.6 Å². The molecule has 1 aromatic heterocycles. The summed E-state index contributed by atoms with van der Waals surface area (Å²) in [5, 5.41) is 2.94. The quantitative estimate of drug-likeness (QED) is 0.649. The number of ether oxygens (including phenoxy) is 2. The van der Waals surface area contributed by atoms with E-state index in [0.29, 0.717) is 17.1 Å². The molecule has 0 radical (unpaired) electrons. The van der Waals surface area contributed by atoms with E-state index in [9.17, 15) is 9.59 Å². The van der Waals surface area contributed by atoms with E-state index in [1.165, 1.54) is 7.11 Å². The van der Waals surface area contributed by atoms with Gasteiger partial charge in [-0.1, -0.05) is 12.1 Å². The average Bonchev–Trinajstić information content (AvgIpc) is 3.03. The normalized spacial score (nSPS) is 11.8. The predicted molar refractivity (Wildman–Crippen MR) is 104 cm³/mol. The molecule has 0 aliphatic rings. The van der Waals surface area contributed by atoms with E-state index in [0.717, 1.165) is 16.9 Å². The minimum absolute atomic E-state index is 0.272. The molecular formula is C20H22N4O4. The number of nitrogens with zero attached hydrogens (tertiary/aromatic N) is 2. The number of aromatic nitrogens is 2. The number of carbonyl (C=O) groups is 2. The summed E-state index contributed by atoms with van der Waals surface area (Å²) in [5.74, 6) is 0.549. The first-order chi connectivity index (χ1) is 13.4. The number of carbonyl (C=O) groups excluding carboxylic acids is 2. The van der Waals surface area contributed by atoms with Gasteiger partial charge in [0.2, 0.25) is 0 Å². The third kappa shape index (κ3) is 3.90. The van der Waals surface area contributed by atoms with Crippen molar-refractivity contribution in [3.05, 3.63) is 53.9 Å². The van der Waals surface area contributed by atoms with Gasteiger partial charge >= 0.3 is 0 Å². The van der Waals surface area contributed by atoms with Crippen molar-refractivity contribution in [1.82, 2.24) is 14.9 Å². The summed E-state index contributed by atoms with van der Waals surface area (Å²) in [6, 6.07) is 12.2.